The molecule has 4 nitrogen and oxygen atoms in total. The molecule has 25 heavy (non-hydrogen) atoms. The van der Waals surface area contributed by atoms with Gasteiger partial charge in [0.15, 0.2) is 0 Å². The number of halogens is 1. The fraction of sp³-hybridized carbons (Fsp3) is 0.650. The molecular formula is C20H32FNO3. The van der Waals surface area contributed by atoms with E-state index in [1.807, 2.05) is 6.92 Å². The molecule has 0 bridgehead atoms. The fourth-order valence-electron chi connectivity index (χ4n) is 2.57. The van der Waals surface area contributed by atoms with E-state index in [0.717, 1.165) is 26.1 Å². The SMILES string of the molecule is CCCCN(CCCC)CCCOC(=O)c1cc(F)ccc1OCC. The van der Waals surface area contributed by atoms with Crippen molar-refractivity contribution in [3.8, 4) is 5.75 Å². The van der Waals surface area contributed by atoms with Crippen LogP contribution in [-0.4, -0.2) is 43.7 Å². The van der Waals surface area contributed by atoms with E-state index in [-0.39, 0.29) is 5.56 Å². The molecule has 0 amide bonds. The Morgan fingerprint density at radius 2 is 1.68 bits per heavy atom. The normalized spacial score (nSPS) is 10.9. The predicted molar refractivity (Wildman–Crippen MR) is 98.7 cm³/mol. The molecule has 0 unspecified atom stereocenters. The van der Waals surface area contributed by atoms with Crippen LogP contribution in [0.3, 0.4) is 0 Å². The van der Waals surface area contributed by atoms with E-state index in [0.29, 0.717) is 19.0 Å². The topological polar surface area (TPSA) is 38.8 Å². The molecule has 1 aromatic rings. The monoisotopic (exact) mass is 353 g/mol. The van der Waals surface area contributed by atoms with E-state index in [1.54, 1.807) is 0 Å². The first-order chi connectivity index (χ1) is 12.1. The second kappa shape index (κ2) is 12.7. The maximum Gasteiger partial charge on any atom is 0.342 e. The number of benzene rings is 1. The summed E-state index contributed by atoms with van der Waals surface area (Å²) in [6, 6.07) is 3.91. The quantitative estimate of drug-likeness (QED) is 0.381. The molecule has 0 aliphatic carbocycles. The summed E-state index contributed by atoms with van der Waals surface area (Å²) >= 11 is 0. The number of rotatable bonds is 13. The van der Waals surface area contributed by atoms with Gasteiger partial charge in [0.2, 0.25) is 0 Å². The highest BCUT2D eigenvalue weighted by atomic mass is 19.1. The Hall–Kier alpha value is -1.62. The minimum atomic E-state index is -0.531. The largest absolute Gasteiger partial charge is 0.493 e. The van der Waals surface area contributed by atoms with E-state index in [9.17, 15) is 9.18 Å². The molecule has 5 heteroatoms. The van der Waals surface area contributed by atoms with E-state index < -0.39 is 11.8 Å². The van der Waals surface area contributed by atoms with Gasteiger partial charge in [-0.15, -0.1) is 0 Å². The Bertz CT molecular complexity index is 500. The zero-order chi connectivity index (χ0) is 18.5. The van der Waals surface area contributed by atoms with Crippen LogP contribution >= 0.6 is 0 Å². The van der Waals surface area contributed by atoms with Crippen LogP contribution in [0.4, 0.5) is 4.39 Å². The standard InChI is InChI=1S/C20H32FNO3/c1-4-7-12-22(13-8-5-2)14-9-15-25-20(23)18-16-17(21)10-11-19(18)24-6-3/h10-11,16H,4-9,12-15H2,1-3H3. The lowest BCUT2D eigenvalue weighted by molar-refractivity contribution is 0.0482. The molecule has 1 rings (SSSR count). The van der Waals surface area contributed by atoms with Crippen molar-refractivity contribution in [1.29, 1.82) is 0 Å². The van der Waals surface area contributed by atoms with Crippen molar-refractivity contribution in [2.24, 2.45) is 0 Å². The van der Waals surface area contributed by atoms with Gasteiger partial charge < -0.3 is 14.4 Å². The first-order valence-corrected chi connectivity index (χ1v) is 9.44. The summed E-state index contributed by atoms with van der Waals surface area (Å²) in [6.45, 7) is 10.0. The number of esters is 1. The minimum absolute atomic E-state index is 0.149. The van der Waals surface area contributed by atoms with Crippen molar-refractivity contribution in [3.05, 3.63) is 29.6 Å². The van der Waals surface area contributed by atoms with E-state index >= 15 is 0 Å². The van der Waals surface area contributed by atoms with Gasteiger partial charge in [-0.25, -0.2) is 9.18 Å². The molecule has 142 valence electrons. The predicted octanol–water partition coefficient (Wildman–Crippen LogP) is 4.67. The van der Waals surface area contributed by atoms with Crippen LogP contribution in [0.25, 0.3) is 0 Å². The minimum Gasteiger partial charge on any atom is -0.493 e. The molecule has 0 fully saturated rings. The maximum atomic E-state index is 13.4. The lowest BCUT2D eigenvalue weighted by atomic mass is 10.2. The van der Waals surface area contributed by atoms with Gasteiger partial charge in [0.05, 0.1) is 13.2 Å². The van der Waals surface area contributed by atoms with Gasteiger partial charge in [-0.3, -0.25) is 0 Å². The van der Waals surface area contributed by atoms with Crippen molar-refractivity contribution < 1.29 is 18.7 Å². The Kier molecular flexibility index (Phi) is 10.9. The first kappa shape index (κ1) is 21.4. The summed E-state index contributed by atoms with van der Waals surface area (Å²) in [4.78, 5) is 14.6. The summed E-state index contributed by atoms with van der Waals surface area (Å²) in [5, 5.41) is 0. The van der Waals surface area contributed by atoms with Crippen LogP contribution in [0.1, 0.15) is 63.2 Å². The third-order valence-electron chi connectivity index (χ3n) is 3.97. The number of ether oxygens (including phenoxy) is 2. The highest BCUT2D eigenvalue weighted by Crippen LogP contribution is 2.20. The van der Waals surface area contributed by atoms with Crippen LogP contribution < -0.4 is 4.74 Å². The van der Waals surface area contributed by atoms with Gasteiger partial charge in [-0.1, -0.05) is 26.7 Å². The lowest BCUT2D eigenvalue weighted by Gasteiger charge is -2.21. The maximum absolute atomic E-state index is 13.4. The summed E-state index contributed by atoms with van der Waals surface area (Å²) in [6.07, 6.45) is 5.50. The van der Waals surface area contributed by atoms with Crippen LogP contribution in [0.2, 0.25) is 0 Å². The molecule has 0 aliphatic heterocycles. The number of hydrogen-bond donors (Lipinski definition) is 0. The number of hydrogen-bond acceptors (Lipinski definition) is 4. The second-order valence-electron chi connectivity index (χ2n) is 6.11. The molecule has 0 aliphatic rings. The molecule has 0 heterocycles. The molecular weight excluding hydrogens is 321 g/mol. The molecule has 0 aromatic heterocycles. The summed E-state index contributed by atoms with van der Waals surface area (Å²) in [5.41, 5.74) is 0.149. The van der Waals surface area contributed by atoms with E-state index in [4.69, 9.17) is 9.47 Å². The van der Waals surface area contributed by atoms with E-state index in [1.165, 1.54) is 43.9 Å². The van der Waals surface area contributed by atoms with Crippen LogP contribution in [0, 0.1) is 5.82 Å². The number of carbonyl (C=O) groups excluding carboxylic acids is 1. The number of unbranched alkanes of at least 4 members (excludes halogenated alkanes) is 2. The van der Waals surface area contributed by atoms with Crippen LogP contribution in [0.5, 0.6) is 5.75 Å². The number of nitrogens with zero attached hydrogens (tertiary/aromatic N) is 1. The molecule has 0 saturated heterocycles. The molecule has 1 aromatic carbocycles. The van der Waals surface area contributed by atoms with Crippen LogP contribution in [0.15, 0.2) is 18.2 Å². The number of carbonyl (C=O) groups is 1. The highest BCUT2D eigenvalue weighted by molar-refractivity contribution is 5.92. The summed E-state index contributed by atoms with van der Waals surface area (Å²) < 4.78 is 24.1. The average molecular weight is 353 g/mol. The summed E-state index contributed by atoms with van der Waals surface area (Å²) in [7, 11) is 0. The second-order valence-corrected chi connectivity index (χ2v) is 6.11. The van der Waals surface area contributed by atoms with Crippen molar-refractivity contribution in [1.82, 2.24) is 4.90 Å². The first-order valence-electron chi connectivity index (χ1n) is 9.44. The smallest absolute Gasteiger partial charge is 0.342 e. The van der Waals surface area contributed by atoms with Gasteiger partial charge in [-0.2, -0.15) is 0 Å². The lowest BCUT2D eigenvalue weighted by Crippen LogP contribution is -2.28. The molecule has 0 radical (unpaired) electrons. The Morgan fingerprint density at radius 1 is 1.04 bits per heavy atom. The van der Waals surface area contributed by atoms with Crippen molar-refractivity contribution in [2.45, 2.75) is 52.9 Å². The van der Waals surface area contributed by atoms with Gasteiger partial charge >= 0.3 is 5.97 Å². The van der Waals surface area contributed by atoms with E-state index in [2.05, 4.69) is 18.7 Å². The summed E-state index contributed by atoms with van der Waals surface area (Å²) in [5.74, 6) is -0.640. The molecule has 0 N–H and O–H groups in total. The molecule has 0 atom stereocenters. The Balaban J connectivity index is 2.46. The van der Waals surface area contributed by atoms with Crippen molar-refractivity contribution >= 4 is 5.97 Å². The Morgan fingerprint density at radius 3 is 2.28 bits per heavy atom. The molecule has 0 saturated carbocycles. The third kappa shape index (κ3) is 8.34. The average Bonchev–Trinajstić information content (AvgIpc) is 2.61. The van der Waals surface area contributed by atoms with Crippen LogP contribution in [-0.2, 0) is 4.74 Å². The van der Waals surface area contributed by atoms with Gasteiger partial charge in [0.25, 0.3) is 0 Å². The highest BCUT2D eigenvalue weighted by Gasteiger charge is 2.15. The zero-order valence-corrected chi connectivity index (χ0v) is 15.9. The zero-order valence-electron chi connectivity index (χ0n) is 15.9. The van der Waals surface area contributed by atoms with Crippen molar-refractivity contribution in [2.75, 3.05) is 32.8 Å². The van der Waals surface area contributed by atoms with Gasteiger partial charge in [-0.05, 0) is 57.5 Å². The fourth-order valence-corrected chi connectivity index (χ4v) is 2.57. The van der Waals surface area contributed by atoms with Gasteiger partial charge in [0.1, 0.15) is 17.1 Å². The Labute approximate surface area is 151 Å². The molecule has 0 spiro atoms. The third-order valence-corrected chi connectivity index (χ3v) is 3.97. The van der Waals surface area contributed by atoms with Gasteiger partial charge in [0, 0.05) is 6.54 Å². The van der Waals surface area contributed by atoms with Crippen molar-refractivity contribution in [3.63, 3.8) is 0 Å².